The Balaban J connectivity index is 2.14. The maximum Gasteiger partial charge on any atom is 0.201 e. The first-order chi connectivity index (χ1) is 11.7. The molecule has 0 radical (unpaired) electrons. The fourth-order valence-electron chi connectivity index (χ4n) is 2.96. The summed E-state index contributed by atoms with van der Waals surface area (Å²) in [5.74, 6) is 0.616. The van der Waals surface area contributed by atoms with Crippen molar-refractivity contribution >= 4 is 11.0 Å². The van der Waals surface area contributed by atoms with Gasteiger partial charge in [-0.25, -0.2) is 0 Å². The van der Waals surface area contributed by atoms with Crippen LogP contribution in [0.25, 0.3) is 33.4 Å². The zero-order valence-corrected chi connectivity index (χ0v) is 13.3. The van der Waals surface area contributed by atoms with Crippen molar-refractivity contribution in [3.8, 4) is 22.5 Å². The topological polar surface area (TPSA) is 30.2 Å². The second-order valence-corrected chi connectivity index (χ2v) is 5.87. The fourth-order valence-corrected chi connectivity index (χ4v) is 2.96. The molecule has 0 saturated heterocycles. The van der Waals surface area contributed by atoms with Crippen LogP contribution in [0, 0.1) is 6.92 Å². The minimum Gasteiger partial charge on any atom is -0.455 e. The van der Waals surface area contributed by atoms with Crippen molar-refractivity contribution in [3.63, 3.8) is 0 Å². The molecule has 2 nitrogen and oxygen atoms in total. The van der Waals surface area contributed by atoms with Crippen LogP contribution >= 0.6 is 0 Å². The average Bonchev–Trinajstić information content (AvgIpc) is 2.63. The third kappa shape index (κ3) is 2.42. The van der Waals surface area contributed by atoms with Crippen molar-refractivity contribution in [2.45, 2.75) is 6.92 Å². The summed E-state index contributed by atoms with van der Waals surface area (Å²) in [6.07, 6.45) is 0. The van der Waals surface area contributed by atoms with Crippen LogP contribution in [-0.2, 0) is 0 Å². The largest absolute Gasteiger partial charge is 0.455 e. The number of fused-ring (bicyclic) bond motifs is 1. The molecule has 0 fully saturated rings. The van der Waals surface area contributed by atoms with Crippen molar-refractivity contribution in [2.24, 2.45) is 0 Å². The van der Waals surface area contributed by atoms with E-state index in [-0.39, 0.29) is 5.43 Å². The Morgan fingerprint density at radius 3 is 2.04 bits per heavy atom. The molecule has 0 aliphatic carbocycles. The Kier molecular flexibility index (Phi) is 3.51. The summed E-state index contributed by atoms with van der Waals surface area (Å²) < 4.78 is 6.20. The van der Waals surface area contributed by atoms with Gasteiger partial charge in [-0.2, -0.15) is 0 Å². The molecule has 0 amide bonds. The van der Waals surface area contributed by atoms with Gasteiger partial charge in [-0.05, 0) is 30.2 Å². The van der Waals surface area contributed by atoms with Gasteiger partial charge >= 0.3 is 0 Å². The zero-order valence-electron chi connectivity index (χ0n) is 13.3. The van der Waals surface area contributed by atoms with Crippen molar-refractivity contribution in [2.75, 3.05) is 0 Å². The van der Waals surface area contributed by atoms with Crippen LogP contribution < -0.4 is 5.43 Å². The van der Waals surface area contributed by atoms with Crippen LogP contribution in [0.4, 0.5) is 0 Å². The molecule has 0 bridgehead atoms. The number of benzene rings is 3. The highest BCUT2D eigenvalue weighted by Gasteiger charge is 2.17. The van der Waals surface area contributed by atoms with Gasteiger partial charge in [0.05, 0.1) is 10.9 Å². The highest BCUT2D eigenvalue weighted by Crippen LogP contribution is 2.32. The summed E-state index contributed by atoms with van der Waals surface area (Å²) in [5, 5.41) is 0.610. The third-order valence-corrected chi connectivity index (χ3v) is 4.15. The summed E-state index contributed by atoms with van der Waals surface area (Å²) in [6.45, 7) is 1.99. The molecule has 0 aliphatic heterocycles. The Labute approximate surface area is 140 Å². The van der Waals surface area contributed by atoms with Gasteiger partial charge in [0.25, 0.3) is 0 Å². The molecule has 3 aromatic carbocycles. The lowest BCUT2D eigenvalue weighted by Crippen LogP contribution is -2.07. The van der Waals surface area contributed by atoms with Crippen LogP contribution in [-0.4, -0.2) is 0 Å². The molecule has 4 rings (SSSR count). The molecule has 0 N–H and O–H groups in total. The van der Waals surface area contributed by atoms with Crippen LogP contribution in [0.2, 0.25) is 0 Å². The summed E-state index contributed by atoms with van der Waals surface area (Å²) in [5.41, 5.74) is 4.07. The van der Waals surface area contributed by atoms with E-state index < -0.39 is 0 Å². The van der Waals surface area contributed by atoms with E-state index in [1.54, 1.807) is 0 Å². The lowest BCUT2D eigenvalue weighted by Gasteiger charge is -2.11. The molecule has 24 heavy (non-hydrogen) atoms. The summed E-state index contributed by atoms with van der Waals surface area (Å²) in [7, 11) is 0. The first kappa shape index (κ1) is 14.5. The van der Waals surface area contributed by atoms with E-state index in [9.17, 15) is 4.79 Å². The summed E-state index contributed by atoms with van der Waals surface area (Å²) >= 11 is 0. The minimum atomic E-state index is 0.00121. The lowest BCUT2D eigenvalue weighted by molar-refractivity contribution is 0.620. The van der Waals surface area contributed by atoms with E-state index >= 15 is 0 Å². The summed E-state index contributed by atoms with van der Waals surface area (Å²) in [6, 6.07) is 25.2. The van der Waals surface area contributed by atoms with E-state index in [1.807, 2.05) is 85.8 Å². The normalized spacial score (nSPS) is 10.9. The van der Waals surface area contributed by atoms with Gasteiger partial charge in [-0.15, -0.1) is 0 Å². The van der Waals surface area contributed by atoms with Crippen molar-refractivity contribution in [1.29, 1.82) is 0 Å². The highest BCUT2D eigenvalue weighted by atomic mass is 16.3. The molecule has 2 heteroatoms. The standard InChI is InChI=1S/C22H16O2/c1-15-12-13-18-19(14-15)24-22(17-10-6-3-7-11-17)20(21(18)23)16-8-4-2-5-9-16/h2-14H,1H3. The van der Waals surface area contributed by atoms with Crippen molar-refractivity contribution in [1.82, 2.24) is 0 Å². The third-order valence-electron chi connectivity index (χ3n) is 4.15. The lowest BCUT2D eigenvalue weighted by atomic mass is 9.98. The van der Waals surface area contributed by atoms with Gasteiger partial charge in [0, 0.05) is 5.56 Å². The maximum atomic E-state index is 13.2. The Hall–Kier alpha value is -3.13. The first-order valence-corrected chi connectivity index (χ1v) is 7.92. The fraction of sp³-hybridized carbons (Fsp3) is 0.0455. The highest BCUT2D eigenvalue weighted by molar-refractivity contribution is 5.89. The van der Waals surface area contributed by atoms with E-state index in [0.717, 1.165) is 16.7 Å². The number of hydrogen-bond acceptors (Lipinski definition) is 2. The zero-order chi connectivity index (χ0) is 16.5. The second kappa shape index (κ2) is 5.82. The molecular weight excluding hydrogens is 296 g/mol. The van der Waals surface area contributed by atoms with E-state index in [0.29, 0.717) is 22.3 Å². The molecule has 0 spiro atoms. The van der Waals surface area contributed by atoms with Crippen LogP contribution in [0.3, 0.4) is 0 Å². The van der Waals surface area contributed by atoms with Crippen molar-refractivity contribution in [3.05, 3.63) is 94.6 Å². The quantitative estimate of drug-likeness (QED) is 0.493. The molecular formula is C22H16O2. The number of rotatable bonds is 2. The average molecular weight is 312 g/mol. The van der Waals surface area contributed by atoms with Gasteiger partial charge in [0.15, 0.2) is 0 Å². The predicted octanol–water partition coefficient (Wildman–Crippen LogP) is 5.44. The maximum absolute atomic E-state index is 13.2. The number of aryl methyl sites for hydroxylation is 1. The SMILES string of the molecule is Cc1ccc2c(=O)c(-c3ccccc3)c(-c3ccccc3)oc2c1. The molecule has 1 aromatic heterocycles. The van der Waals surface area contributed by atoms with E-state index in [1.165, 1.54) is 0 Å². The molecule has 0 atom stereocenters. The Morgan fingerprint density at radius 2 is 1.38 bits per heavy atom. The first-order valence-electron chi connectivity index (χ1n) is 7.92. The van der Waals surface area contributed by atoms with Crippen LogP contribution in [0.5, 0.6) is 0 Å². The number of hydrogen-bond donors (Lipinski definition) is 0. The van der Waals surface area contributed by atoms with Gasteiger partial charge < -0.3 is 4.42 Å². The Morgan fingerprint density at radius 1 is 0.750 bits per heavy atom. The van der Waals surface area contributed by atoms with E-state index in [2.05, 4.69) is 0 Å². The summed E-state index contributed by atoms with van der Waals surface area (Å²) in [4.78, 5) is 13.2. The predicted molar refractivity (Wildman–Crippen MR) is 98.1 cm³/mol. The minimum absolute atomic E-state index is 0.00121. The smallest absolute Gasteiger partial charge is 0.201 e. The molecule has 0 unspecified atom stereocenters. The van der Waals surface area contributed by atoms with E-state index in [4.69, 9.17) is 4.42 Å². The van der Waals surface area contributed by atoms with Gasteiger partial charge in [-0.1, -0.05) is 66.7 Å². The molecule has 1 heterocycles. The molecule has 0 saturated carbocycles. The molecule has 116 valence electrons. The van der Waals surface area contributed by atoms with Crippen LogP contribution in [0.15, 0.2) is 88.1 Å². The monoisotopic (exact) mass is 312 g/mol. The molecule has 0 aliphatic rings. The van der Waals surface area contributed by atoms with Gasteiger partial charge in [-0.3, -0.25) is 4.79 Å². The van der Waals surface area contributed by atoms with Crippen LogP contribution in [0.1, 0.15) is 5.56 Å². The molecule has 4 aromatic rings. The van der Waals surface area contributed by atoms with Gasteiger partial charge in [0.1, 0.15) is 11.3 Å². The van der Waals surface area contributed by atoms with Gasteiger partial charge in [0.2, 0.25) is 5.43 Å². The van der Waals surface area contributed by atoms with Crippen molar-refractivity contribution < 1.29 is 4.42 Å². The Bertz CT molecular complexity index is 1060. The second-order valence-electron chi connectivity index (χ2n) is 5.87.